The van der Waals surface area contributed by atoms with Gasteiger partial charge in [0, 0.05) is 35.0 Å². The van der Waals surface area contributed by atoms with Crippen LogP contribution >= 0.6 is 0 Å². The van der Waals surface area contributed by atoms with E-state index in [0.717, 1.165) is 28.2 Å². The molecule has 0 radical (unpaired) electrons. The molecule has 5 nitrogen and oxygen atoms in total. The number of rotatable bonds is 4. The van der Waals surface area contributed by atoms with Crippen molar-refractivity contribution in [3.63, 3.8) is 0 Å². The van der Waals surface area contributed by atoms with Crippen LogP contribution in [0.25, 0.3) is 0 Å². The van der Waals surface area contributed by atoms with Crippen LogP contribution in [-0.4, -0.2) is 17.5 Å². The van der Waals surface area contributed by atoms with Gasteiger partial charge in [-0.15, -0.1) is 0 Å². The highest BCUT2D eigenvalue weighted by Crippen LogP contribution is 2.30. The number of fused-ring (bicyclic) bond motifs is 1. The van der Waals surface area contributed by atoms with Crippen molar-refractivity contribution in [1.82, 2.24) is 4.98 Å². The number of nitrogens with one attached hydrogen (secondary N) is 1. The van der Waals surface area contributed by atoms with Crippen LogP contribution in [0, 0.1) is 6.92 Å². The van der Waals surface area contributed by atoms with Crippen molar-refractivity contribution in [2.45, 2.75) is 20.1 Å². The highest BCUT2D eigenvalue weighted by atomic mass is 16.5. The highest BCUT2D eigenvalue weighted by Gasteiger charge is 2.23. The van der Waals surface area contributed by atoms with Gasteiger partial charge in [-0.05, 0) is 42.8 Å². The second-order valence-corrected chi connectivity index (χ2v) is 6.66. The molecule has 0 saturated heterocycles. The van der Waals surface area contributed by atoms with Gasteiger partial charge in [-0.2, -0.15) is 0 Å². The van der Waals surface area contributed by atoms with E-state index in [0.29, 0.717) is 13.2 Å². The molecular weight excluding hydrogens is 338 g/mol. The third-order valence-corrected chi connectivity index (χ3v) is 4.58. The van der Waals surface area contributed by atoms with Gasteiger partial charge in [-0.3, -0.25) is 9.78 Å². The Labute approximate surface area is 158 Å². The molecule has 1 aliphatic heterocycles. The monoisotopic (exact) mass is 359 g/mol. The van der Waals surface area contributed by atoms with Crippen molar-refractivity contribution in [3.05, 3.63) is 83.7 Å². The second kappa shape index (κ2) is 7.60. The fourth-order valence-corrected chi connectivity index (χ4v) is 3.15. The van der Waals surface area contributed by atoms with Gasteiger partial charge >= 0.3 is 0 Å². The van der Waals surface area contributed by atoms with E-state index < -0.39 is 0 Å². The molecule has 27 heavy (non-hydrogen) atoms. The molecule has 2 heterocycles. The van der Waals surface area contributed by atoms with E-state index in [4.69, 9.17) is 4.74 Å². The highest BCUT2D eigenvalue weighted by molar-refractivity contribution is 5.95. The van der Waals surface area contributed by atoms with Gasteiger partial charge in [-0.1, -0.05) is 29.8 Å². The van der Waals surface area contributed by atoms with Crippen molar-refractivity contribution in [3.8, 4) is 0 Å². The van der Waals surface area contributed by atoms with Gasteiger partial charge in [0.15, 0.2) is 0 Å². The van der Waals surface area contributed by atoms with Crippen LogP contribution in [0.2, 0.25) is 0 Å². The van der Waals surface area contributed by atoms with Crippen LogP contribution in [0.3, 0.4) is 0 Å². The zero-order chi connectivity index (χ0) is 18.6. The van der Waals surface area contributed by atoms with E-state index in [1.54, 1.807) is 12.4 Å². The van der Waals surface area contributed by atoms with Crippen LogP contribution in [0.5, 0.6) is 0 Å². The Hall–Kier alpha value is -3.18. The lowest BCUT2D eigenvalue weighted by Crippen LogP contribution is -2.32. The molecule has 3 aromatic rings. The summed E-state index contributed by atoms with van der Waals surface area (Å²) in [6.45, 7) is 3.10. The number of benzene rings is 2. The molecule has 0 bridgehead atoms. The van der Waals surface area contributed by atoms with Gasteiger partial charge in [0.25, 0.3) is 5.91 Å². The van der Waals surface area contributed by atoms with Crippen LogP contribution in [0.4, 0.5) is 17.1 Å². The van der Waals surface area contributed by atoms with Crippen molar-refractivity contribution < 1.29 is 9.53 Å². The smallest absolute Gasteiger partial charge is 0.253 e. The first-order valence-electron chi connectivity index (χ1n) is 8.93. The molecule has 0 unspecified atom stereocenters. The second-order valence-electron chi connectivity index (χ2n) is 6.66. The summed E-state index contributed by atoms with van der Waals surface area (Å²) in [6, 6.07) is 18.1. The first kappa shape index (κ1) is 17.2. The molecule has 0 atom stereocenters. The molecule has 0 spiro atoms. The summed E-state index contributed by atoms with van der Waals surface area (Å²) in [4.78, 5) is 18.4. The standard InChI is InChI=1S/C22H21N3O2/c1-16-2-4-17(5-3-16)13-25-21-7-6-20(24-19-8-10-23-11-9-19)12-18(21)14-27-15-22(25)26/h2-12H,13-15H2,1H3,(H,23,24). The van der Waals surface area contributed by atoms with E-state index in [1.807, 2.05) is 35.2 Å². The van der Waals surface area contributed by atoms with Crippen LogP contribution in [0.15, 0.2) is 67.0 Å². The average molecular weight is 359 g/mol. The number of pyridine rings is 1. The zero-order valence-electron chi connectivity index (χ0n) is 15.2. The summed E-state index contributed by atoms with van der Waals surface area (Å²) >= 11 is 0. The zero-order valence-corrected chi connectivity index (χ0v) is 15.2. The summed E-state index contributed by atoms with van der Waals surface area (Å²) in [5.41, 5.74) is 6.11. The number of nitrogens with zero attached hydrogens (tertiary/aromatic N) is 2. The fraction of sp³-hybridized carbons (Fsp3) is 0.182. The Morgan fingerprint density at radius 1 is 1.00 bits per heavy atom. The number of ether oxygens (including phenoxy) is 1. The van der Waals surface area contributed by atoms with Gasteiger partial charge in [0.05, 0.1) is 13.2 Å². The van der Waals surface area contributed by atoms with Crippen molar-refractivity contribution in [1.29, 1.82) is 0 Å². The summed E-state index contributed by atoms with van der Waals surface area (Å²) in [6.07, 6.45) is 3.49. The Morgan fingerprint density at radius 2 is 1.78 bits per heavy atom. The molecule has 1 aromatic heterocycles. The number of anilines is 3. The lowest BCUT2D eigenvalue weighted by Gasteiger charge is -2.23. The molecule has 136 valence electrons. The van der Waals surface area contributed by atoms with Crippen LogP contribution in [-0.2, 0) is 22.7 Å². The lowest BCUT2D eigenvalue weighted by molar-refractivity contribution is -0.123. The normalized spacial score (nSPS) is 13.8. The predicted octanol–water partition coefficient (Wildman–Crippen LogP) is 4.20. The SMILES string of the molecule is Cc1ccc(CN2C(=O)COCc3cc(Nc4ccncc4)ccc32)cc1. The quantitative estimate of drug-likeness (QED) is 0.759. The maximum Gasteiger partial charge on any atom is 0.253 e. The summed E-state index contributed by atoms with van der Waals surface area (Å²) in [5, 5.41) is 3.36. The first-order chi connectivity index (χ1) is 13.2. The Morgan fingerprint density at radius 3 is 2.56 bits per heavy atom. The Kier molecular flexibility index (Phi) is 4.85. The Balaban J connectivity index is 1.62. The number of aromatic nitrogens is 1. The third kappa shape index (κ3) is 3.99. The fourth-order valence-electron chi connectivity index (χ4n) is 3.15. The number of amides is 1. The van der Waals surface area contributed by atoms with E-state index in [1.165, 1.54) is 5.56 Å². The predicted molar refractivity (Wildman–Crippen MR) is 106 cm³/mol. The Bertz CT molecular complexity index is 940. The molecule has 4 rings (SSSR count). The van der Waals surface area contributed by atoms with Gasteiger partial charge in [0.2, 0.25) is 0 Å². The molecule has 2 aromatic carbocycles. The minimum atomic E-state index is -0.0239. The minimum Gasteiger partial charge on any atom is -0.367 e. The largest absolute Gasteiger partial charge is 0.367 e. The number of hydrogen-bond donors (Lipinski definition) is 1. The van der Waals surface area contributed by atoms with Crippen LogP contribution in [0.1, 0.15) is 16.7 Å². The number of hydrogen-bond acceptors (Lipinski definition) is 4. The molecule has 1 N–H and O–H groups in total. The summed E-state index contributed by atoms with van der Waals surface area (Å²) in [5.74, 6) is -0.0239. The maximum absolute atomic E-state index is 12.6. The topological polar surface area (TPSA) is 54.5 Å². The first-order valence-corrected chi connectivity index (χ1v) is 8.93. The summed E-state index contributed by atoms with van der Waals surface area (Å²) in [7, 11) is 0. The lowest BCUT2D eigenvalue weighted by atomic mass is 10.1. The van der Waals surface area contributed by atoms with E-state index >= 15 is 0 Å². The molecule has 0 fully saturated rings. The molecular formula is C22H21N3O2. The molecule has 1 aliphatic rings. The maximum atomic E-state index is 12.6. The third-order valence-electron chi connectivity index (χ3n) is 4.58. The summed E-state index contributed by atoms with van der Waals surface area (Å²) < 4.78 is 5.60. The van der Waals surface area contributed by atoms with Gasteiger partial charge < -0.3 is 15.0 Å². The van der Waals surface area contributed by atoms with Gasteiger partial charge in [-0.25, -0.2) is 0 Å². The van der Waals surface area contributed by atoms with Crippen LogP contribution < -0.4 is 10.2 Å². The average Bonchev–Trinajstić information content (AvgIpc) is 2.83. The molecule has 5 heteroatoms. The molecule has 1 amide bonds. The van der Waals surface area contributed by atoms with Crippen molar-refractivity contribution in [2.24, 2.45) is 0 Å². The molecule has 0 aliphatic carbocycles. The number of carbonyl (C=O) groups excluding carboxylic acids is 1. The van der Waals surface area contributed by atoms with E-state index in [-0.39, 0.29) is 12.5 Å². The van der Waals surface area contributed by atoms with Gasteiger partial charge in [0.1, 0.15) is 6.61 Å². The molecule has 0 saturated carbocycles. The minimum absolute atomic E-state index is 0.0239. The number of carbonyl (C=O) groups is 1. The van der Waals surface area contributed by atoms with Crippen molar-refractivity contribution in [2.75, 3.05) is 16.8 Å². The van der Waals surface area contributed by atoms with E-state index in [2.05, 4.69) is 41.5 Å². The van der Waals surface area contributed by atoms with Crippen molar-refractivity contribution >= 4 is 23.0 Å². The number of aryl methyl sites for hydroxylation is 1. The van der Waals surface area contributed by atoms with E-state index in [9.17, 15) is 4.79 Å².